The van der Waals surface area contributed by atoms with E-state index in [1.807, 2.05) is 0 Å². The number of nitrogens with zero attached hydrogens (tertiary/aromatic N) is 4. The highest BCUT2D eigenvalue weighted by Gasteiger charge is 2.15. The van der Waals surface area contributed by atoms with E-state index in [-0.39, 0.29) is 21.4 Å². The van der Waals surface area contributed by atoms with Crippen molar-refractivity contribution >= 4 is 34.0 Å². The highest BCUT2D eigenvalue weighted by atomic mass is 32.1. The first-order valence-electron chi connectivity index (χ1n) is 6.81. The van der Waals surface area contributed by atoms with Gasteiger partial charge < -0.3 is 5.73 Å². The second-order valence-electron chi connectivity index (χ2n) is 4.77. The quantitative estimate of drug-likeness (QED) is 0.523. The lowest BCUT2D eigenvalue weighted by atomic mass is 10.3. The number of amides is 2. The van der Waals surface area contributed by atoms with Crippen molar-refractivity contribution in [2.75, 3.05) is 5.32 Å². The number of aromatic nitrogens is 3. The van der Waals surface area contributed by atoms with Crippen LogP contribution in [0.4, 0.5) is 10.8 Å². The van der Waals surface area contributed by atoms with E-state index < -0.39 is 16.7 Å². The van der Waals surface area contributed by atoms with Gasteiger partial charge in [-0.3, -0.25) is 25.0 Å². The van der Waals surface area contributed by atoms with Crippen molar-refractivity contribution in [2.45, 2.75) is 0 Å². The average molecular weight is 358 g/mol. The first-order valence-corrected chi connectivity index (χ1v) is 7.63. The third-order valence-electron chi connectivity index (χ3n) is 3.10. The number of rotatable bonds is 5. The molecular weight excluding hydrogens is 348 g/mol. The van der Waals surface area contributed by atoms with Gasteiger partial charge in [-0.15, -0.1) is 0 Å². The Morgan fingerprint density at radius 2 is 2.12 bits per heavy atom. The minimum Gasteiger partial charge on any atom is -0.365 e. The Balaban J connectivity index is 1.78. The average Bonchev–Trinajstić information content (AvgIpc) is 3.24. The zero-order valence-electron chi connectivity index (χ0n) is 12.4. The monoisotopic (exact) mass is 358 g/mol. The van der Waals surface area contributed by atoms with Crippen LogP contribution in [0.3, 0.4) is 0 Å². The Hall–Kier alpha value is -3.60. The third-order valence-corrected chi connectivity index (χ3v) is 4.02. The van der Waals surface area contributed by atoms with Gasteiger partial charge in [0.15, 0.2) is 10.8 Å². The molecule has 0 bridgehead atoms. The van der Waals surface area contributed by atoms with Crippen LogP contribution in [0.1, 0.15) is 20.2 Å². The van der Waals surface area contributed by atoms with Gasteiger partial charge >= 0.3 is 0 Å². The Kier molecular flexibility index (Phi) is 4.22. The van der Waals surface area contributed by atoms with Gasteiger partial charge in [-0.25, -0.2) is 9.67 Å². The fourth-order valence-corrected chi connectivity index (χ4v) is 2.61. The van der Waals surface area contributed by atoms with Gasteiger partial charge in [-0.1, -0.05) is 17.4 Å². The van der Waals surface area contributed by atoms with Crippen molar-refractivity contribution in [1.29, 1.82) is 0 Å². The SMILES string of the molecule is NC(=O)c1cnc(NC(=O)c2ccn(-c3cccc([N+](=O)[O-])c3)n2)s1. The number of carbonyl (C=O) groups is 2. The molecule has 1 aromatic carbocycles. The Morgan fingerprint density at radius 1 is 1.32 bits per heavy atom. The van der Waals surface area contributed by atoms with E-state index in [9.17, 15) is 19.7 Å². The highest BCUT2D eigenvalue weighted by molar-refractivity contribution is 7.17. The number of anilines is 1. The summed E-state index contributed by atoms with van der Waals surface area (Å²) in [5.74, 6) is -1.16. The number of hydrogen-bond acceptors (Lipinski definition) is 7. The van der Waals surface area contributed by atoms with Crippen LogP contribution in [0.2, 0.25) is 0 Å². The van der Waals surface area contributed by atoms with Crippen molar-refractivity contribution in [3.8, 4) is 5.69 Å². The first-order chi connectivity index (χ1) is 11.9. The molecule has 10 nitrogen and oxygen atoms in total. The molecule has 3 N–H and O–H groups in total. The maximum atomic E-state index is 12.2. The van der Waals surface area contributed by atoms with E-state index in [1.165, 1.54) is 41.3 Å². The Morgan fingerprint density at radius 3 is 2.80 bits per heavy atom. The molecule has 126 valence electrons. The topological polar surface area (TPSA) is 146 Å². The molecule has 0 saturated carbocycles. The molecule has 0 atom stereocenters. The summed E-state index contributed by atoms with van der Waals surface area (Å²) in [7, 11) is 0. The first kappa shape index (κ1) is 16.3. The number of nitrogens with two attached hydrogens (primary N) is 1. The van der Waals surface area contributed by atoms with Gasteiger partial charge in [0.05, 0.1) is 16.8 Å². The number of nitro benzene ring substituents is 1. The number of nitro groups is 1. The van der Waals surface area contributed by atoms with Gasteiger partial charge in [0, 0.05) is 18.3 Å². The second kappa shape index (κ2) is 6.49. The molecule has 0 fully saturated rings. The number of benzene rings is 1. The number of hydrogen-bond donors (Lipinski definition) is 2. The van der Waals surface area contributed by atoms with Gasteiger partial charge in [-0.2, -0.15) is 5.10 Å². The Bertz CT molecular complexity index is 979. The lowest BCUT2D eigenvalue weighted by molar-refractivity contribution is -0.384. The van der Waals surface area contributed by atoms with Crippen molar-refractivity contribution < 1.29 is 14.5 Å². The van der Waals surface area contributed by atoms with E-state index in [1.54, 1.807) is 6.07 Å². The zero-order chi connectivity index (χ0) is 18.0. The number of carbonyl (C=O) groups excluding carboxylic acids is 2. The minimum atomic E-state index is -0.632. The molecule has 3 rings (SSSR count). The highest BCUT2D eigenvalue weighted by Crippen LogP contribution is 2.19. The summed E-state index contributed by atoms with van der Waals surface area (Å²) in [4.78, 5) is 37.6. The maximum Gasteiger partial charge on any atom is 0.277 e. The maximum absolute atomic E-state index is 12.2. The van der Waals surface area contributed by atoms with Gasteiger partial charge in [-0.05, 0) is 12.1 Å². The number of thiazole rings is 1. The Labute approximate surface area is 144 Å². The molecule has 0 unspecified atom stereocenters. The molecule has 2 aromatic heterocycles. The van der Waals surface area contributed by atoms with Gasteiger partial charge in [0.25, 0.3) is 17.5 Å². The number of primary amides is 1. The van der Waals surface area contributed by atoms with E-state index in [2.05, 4.69) is 15.4 Å². The second-order valence-corrected chi connectivity index (χ2v) is 5.80. The third kappa shape index (κ3) is 3.50. The van der Waals surface area contributed by atoms with Gasteiger partial charge in [0.2, 0.25) is 0 Å². The van der Waals surface area contributed by atoms with Crippen LogP contribution >= 0.6 is 11.3 Å². The molecular formula is C14H10N6O4S. The predicted molar refractivity (Wildman–Crippen MR) is 88.8 cm³/mol. The van der Waals surface area contributed by atoms with Crippen LogP contribution in [0.5, 0.6) is 0 Å². The normalized spacial score (nSPS) is 10.4. The number of non-ortho nitro benzene ring substituents is 1. The van der Waals surface area contributed by atoms with Crippen LogP contribution in [-0.4, -0.2) is 31.5 Å². The lowest BCUT2D eigenvalue weighted by Crippen LogP contribution is -2.13. The van der Waals surface area contributed by atoms with Gasteiger partial charge in [0.1, 0.15) is 4.88 Å². The minimum absolute atomic E-state index is 0.0826. The van der Waals surface area contributed by atoms with Crippen LogP contribution in [0, 0.1) is 10.1 Å². The summed E-state index contributed by atoms with van der Waals surface area (Å²) in [6.45, 7) is 0. The fourth-order valence-electron chi connectivity index (χ4n) is 1.94. The molecule has 2 amide bonds. The van der Waals surface area contributed by atoms with Crippen molar-refractivity contribution in [1.82, 2.24) is 14.8 Å². The summed E-state index contributed by atoms with van der Waals surface area (Å²) >= 11 is 0.945. The van der Waals surface area contributed by atoms with Crippen LogP contribution < -0.4 is 11.1 Å². The standard InChI is InChI=1S/C14H10N6O4S/c15-12(21)11-7-16-14(25-11)17-13(22)10-4-5-19(18-10)8-2-1-3-9(6-8)20(23)24/h1-7H,(H2,15,21)(H,16,17,22). The largest absolute Gasteiger partial charge is 0.365 e. The van der Waals surface area contributed by atoms with Crippen molar-refractivity contribution in [3.05, 3.63) is 63.4 Å². The molecule has 3 aromatic rings. The summed E-state index contributed by atoms with van der Waals surface area (Å²) in [5.41, 5.74) is 5.57. The summed E-state index contributed by atoms with van der Waals surface area (Å²) < 4.78 is 1.35. The lowest BCUT2D eigenvalue weighted by Gasteiger charge is -2.01. The molecule has 2 heterocycles. The molecule has 25 heavy (non-hydrogen) atoms. The van der Waals surface area contributed by atoms with Crippen LogP contribution in [0.15, 0.2) is 42.7 Å². The molecule has 0 saturated heterocycles. The molecule has 0 spiro atoms. The zero-order valence-corrected chi connectivity index (χ0v) is 13.3. The molecule has 0 aliphatic rings. The van der Waals surface area contributed by atoms with Crippen LogP contribution in [-0.2, 0) is 0 Å². The predicted octanol–water partition coefficient (Wildman–Crippen LogP) is 1.59. The van der Waals surface area contributed by atoms with Crippen molar-refractivity contribution in [2.24, 2.45) is 5.73 Å². The number of nitrogens with one attached hydrogen (secondary N) is 1. The summed E-state index contributed by atoms with van der Waals surface area (Å²) in [6.07, 6.45) is 2.77. The molecule has 0 aliphatic carbocycles. The van der Waals surface area contributed by atoms with E-state index >= 15 is 0 Å². The summed E-state index contributed by atoms with van der Waals surface area (Å²) in [6, 6.07) is 7.31. The smallest absolute Gasteiger partial charge is 0.277 e. The van der Waals surface area contributed by atoms with E-state index in [0.717, 1.165) is 11.3 Å². The fraction of sp³-hybridized carbons (Fsp3) is 0. The van der Waals surface area contributed by atoms with E-state index in [4.69, 9.17) is 5.73 Å². The van der Waals surface area contributed by atoms with E-state index in [0.29, 0.717) is 5.69 Å². The molecule has 11 heteroatoms. The molecule has 0 radical (unpaired) electrons. The molecule has 0 aliphatic heterocycles. The van der Waals surface area contributed by atoms with Crippen molar-refractivity contribution in [3.63, 3.8) is 0 Å². The van der Waals surface area contributed by atoms with Crippen LogP contribution in [0.25, 0.3) is 5.69 Å². The summed E-state index contributed by atoms with van der Waals surface area (Å²) in [5, 5.41) is 17.6.